The van der Waals surface area contributed by atoms with Crippen molar-refractivity contribution >= 4 is 17.6 Å². The second-order valence-corrected chi connectivity index (χ2v) is 4.59. The van der Waals surface area contributed by atoms with Crippen LogP contribution in [0.2, 0.25) is 0 Å². The van der Waals surface area contributed by atoms with E-state index in [9.17, 15) is 9.59 Å². The van der Waals surface area contributed by atoms with Crippen LogP contribution in [0.1, 0.15) is 28.2 Å². The van der Waals surface area contributed by atoms with Crippen LogP contribution in [0.5, 0.6) is 0 Å². The Bertz CT molecular complexity index is 636. The third-order valence-corrected chi connectivity index (χ3v) is 2.85. The molecule has 6 nitrogen and oxygen atoms in total. The molecule has 0 radical (unpaired) electrons. The van der Waals surface area contributed by atoms with Gasteiger partial charge in [0, 0.05) is 18.3 Å². The van der Waals surface area contributed by atoms with Gasteiger partial charge in [0.25, 0.3) is 5.91 Å². The van der Waals surface area contributed by atoms with Crippen LogP contribution >= 0.6 is 0 Å². The standard InChI is InChI=1S/C15H15N3O3/c1-10-8-17-13(9-16-10)15(21)18-12-5-2-11(3-6-12)4-7-14(19)20/h2-3,5-6,8-9H,4,7H2,1H3,(H,18,21)(H,19,20). The normalized spacial score (nSPS) is 10.1. The molecule has 108 valence electrons. The van der Waals surface area contributed by atoms with E-state index in [0.717, 1.165) is 11.3 Å². The SMILES string of the molecule is Cc1cnc(C(=O)Nc2ccc(CCC(=O)O)cc2)cn1. The molecule has 2 N–H and O–H groups in total. The summed E-state index contributed by atoms with van der Waals surface area (Å²) in [5.41, 5.74) is 2.52. The summed E-state index contributed by atoms with van der Waals surface area (Å²) < 4.78 is 0. The summed E-state index contributed by atoms with van der Waals surface area (Å²) in [6.07, 6.45) is 3.51. The number of hydrogen-bond donors (Lipinski definition) is 2. The predicted octanol–water partition coefficient (Wildman–Crippen LogP) is 2.05. The van der Waals surface area contributed by atoms with Crippen LogP contribution in [0.15, 0.2) is 36.7 Å². The van der Waals surface area contributed by atoms with E-state index in [1.807, 2.05) is 0 Å². The third-order valence-electron chi connectivity index (χ3n) is 2.85. The number of carbonyl (C=O) groups excluding carboxylic acids is 1. The van der Waals surface area contributed by atoms with E-state index < -0.39 is 5.97 Å². The van der Waals surface area contributed by atoms with E-state index in [4.69, 9.17) is 5.11 Å². The van der Waals surface area contributed by atoms with Crippen molar-refractivity contribution in [1.29, 1.82) is 0 Å². The Morgan fingerprint density at radius 2 is 1.86 bits per heavy atom. The van der Waals surface area contributed by atoms with Crippen LogP contribution in [0.4, 0.5) is 5.69 Å². The van der Waals surface area contributed by atoms with Crippen molar-refractivity contribution in [3.63, 3.8) is 0 Å². The first kappa shape index (κ1) is 14.6. The Morgan fingerprint density at radius 3 is 2.43 bits per heavy atom. The summed E-state index contributed by atoms with van der Waals surface area (Å²) in [5.74, 6) is -1.16. The molecule has 0 saturated heterocycles. The van der Waals surface area contributed by atoms with Gasteiger partial charge in [0.15, 0.2) is 0 Å². The van der Waals surface area contributed by atoms with Crippen molar-refractivity contribution in [3.8, 4) is 0 Å². The lowest BCUT2D eigenvalue weighted by Gasteiger charge is -2.06. The number of benzene rings is 1. The molecule has 21 heavy (non-hydrogen) atoms. The number of aryl methyl sites for hydroxylation is 2. The number of aromatic nitrogens is 2. The van der Waals surface area contributed by atoms with Crippen LogP contribution in [-0.2, 0) is 11.2 Å². The van der Waals surface area contributed by atoms with E-state index in [2.05, 4.69) is 15.3 Å². The number of carboxylic acids is 1. The third kappa shape index (κ3) is 4.38. The molecule has 1 amide bonds. The zero-order valence-electron chi connectivity index (χ0n) is 11.5. The molecule has 0 fully saturated rings. The van der Waals surface area contributed by atoms with Gasteiger partial charge in [0.1, 0.15) is 5.69 Å². The van der Waals surface area contributed by atoms with Gasteiger partial charge >= 0.3 is 5.97 Å². The van der Waals surface area contributed by atoms with Gasteiger partial charge in [-0.15, -0.1) is 0 Å². The predicted molar refractivity (Wildman–Crippen MR) is 77.1 cm³/mol. The fourth-order valence-corrected chi connectivity index (χ4v) is 1.71. The molecular weight excluding hydrogens is 270 g/mol. The summed E-state index contributed by atoms with van der Waals surface area (Å²) in [5, 5.41) is 11.3. The fourth-order valence-electron chi connectivity index (χ4n) is 1.71. The van der Waals surface area contributed by atoms with Crippen LogP contribution in [-0.4, -0.2) is 27.0 Å². The molecule has 0 aliphatic carbocycles. The van der Waals surface area contributed by atoms with Gasteiger partial charge in [0.2, 0.25) is 0 Å². The molecule has 0 saturated carbocycles. The number of amides is 1. The number of rotatable bonds is 5. The number of aliphatic carboxylic acids is 1. The average molecular weight is 285 g/mol. The number of anilines is 1. The van der Waals surface area contributed by atoms with Gasteiger partial charge in [-0.2, -0.15) is 0 Å². The van der Waals surface area contributed by atoms with Crippen LogP contribution < -0.4 is 5.32 Å². The zero-order chi connectivity index (χ0) is 15.2. The molecule has 0 bridgehead atoms. The van der Waals surface area contributed by atoms with Crippen molar-refractivity contribution < 1.29 is 14.7 Å². The van der Waals surface area contributed by atoms with Crippen molar-refractivity contribution in [2.45, 2.75) is 19.8 Å². The minimum Gasteiger partial charge on any atom is -0.481 e. The molecule has 0 unspecified atom stereocenters. The molecule has 0 aliphatic rings. The van der Waals surface area contributed by atoms with Gasteiger partial charge in [-0.1, -0.05) is 12.1 Å². The quantitative estimate of drug-likeness (QED) is 0.877. The van der Waals surface area contributed by atoms with Crippen molar-refractivity contribution in [1.82, 2.24) is 9.97 Å². The van der Waals surface area contributed by atoms with Gasteiger partial charge in [-0.25, -0.2) is 4.98 Å². The molecule has 1 aromatic heterocycles. The minimum atomic E-state index is -0.828. The number of nitrogens with one attached hydrogen (secondary N) is 1. The van der Waals surface area contributed by atoms with E-state index in [-0.39, 0.29) is 18.0 Å². The second kappa shape index (κ2) is 6.60. The maximum Gasteiger partial charge on any atom is 0.303 e. The van der Waals surface area contributed by atoms with Crippen LogP contribution in [0.25, 0.3) is 0 Å². The number of carboxylic acid groups (broad SMARTS) is 1. The first-order valence-electron chi connectivity index (χ1n) is 6.45. The Morgan fingerprint density at radius 1 is 1.14 bits per heavy atom. The summed E-state index contributed by atoms with van der Waals surface area (Å²) in [6.45, 7) is 1.80. The molecule has 1 heterocycles. The highest BCUT2D eigenvalue weighted by molar-refractivity contribution is 6.02. The van der Waals surface area contributed by atoms with Crippen LogP contribution in [0.3, 0.4) is 0 Å². The lowest BCUT2D eigenvalue weighted by Crippen LogP contribution is -2.14. The van der Waals surface area contributed by atoms with Crippen LogP contribution in [0, 0.1) is 6.92 Å². The first-order valence-corrected chi connectivity index (χ1v) is 6.45. The highest BCUT2D eigenvalue weighted by Crippen LogP contribution is 2.12. The van der Waals surface area contributed by atoms with E-state index >= 15 is 0 Å². The summed E-state index contributed by atoms with van der Waals surface area (Å²) in [6, 6.07) is 7.05. The highest BCUT2D eigenvalue weighted by Gasteiger charge is 2.08. The average Bonchev–Trinajstić information content (AvgIpc) is 2.47. The molecular formula is C15H15N3O3. The Kier molecular flexibility index (Phi) is 4.61. The Balaban J connectivity index is 1.98. The molecule has 6 heteroatoms. The molecule has 0 spiro atoms. The maximum absolute atomic E-state index is 11.9. The minimum absolute atomic E-state index is 0.0880. The van der Waals surface area contributed by atoms with Crippen molar-refractivity contribution in [3.05, 3.63) is 53.6 Å². The number of carbonyl (C=O) groups is 2. The largest absolute Gasteiger partial charge is 0.481 e. The smallest absolute Gasteiger partial charge is 0.303 e. The van der Waals surface area contributed by atoms with Gasteiger partial charge < -0.3 is 10.4 Å². The first-order chi connectivity index (χ1) is 10.0. The molecule has 0 aliphatic heterocycles. The van der Waals surface area contributed by atoms with E-state index in [0.29, 0.717) is 12.1 Å². The fraction of sp³-hybridized carbons (Fsp3) is 0.200. The summed E-state index contributed by atoms with van der Waals surface area (Å²) in [7, 11) is 0. The number of hydrogen-bond acceptors (Lipinski definition) is 4. The highest BCUT2D eigenvalue weighted by atomic mass is 16.4. The molecule has 2 aromatic rings. The summed E-state index contributed by atoms with van der Waals surface area (Å²) in [4.78, 5) is 30.4. The van der Waals surface area contributed by atoms with E-state index in [1.54, 1.807) is 31.2 Å². The molecule has 0 atom stereocenters. The monoisotopic (exact) mass is 285 g/mol. The second-order valence-electron chi connectivity index (χ2n) is 4.59. The topological polar surface area (TPSA) is 92.2 Å². The summed E-state index contributed by atoms with van der Waals surface area (Å²) >= 11 is 0. The van der Waals surface area contributed by atoms with E-state index in [1.165, 1.54) is 12.4 Å². The van der Waals surface area contributed by atoms with Gasteiger partial charge in [-0.3, -0.25) is 14.6 Å². The lowest BCUT2D eigenvalue weighted by molar-refractivity contribution is -0.136. The van der Waals surface area contributed by atoms with Crippen molar-refractivity contribution in [2.24, 2.45) is 0 Å². The molecule has 2 rings (SSSR count). The lowest BCUT2D eigenvalue weighted by atomic mass is 10.1. The van der Waals surface area contributed by atoms with Gasteiger partial charge in [-0.05, 0) is 31.0 Å². The molecule has 1 aromatic carbocycles. The Hall–Kier alpha value is -2.76. The zero-order valence-corrected chi connectivity index (χ0v) is 11.5. The maximum atomic E-state index is 11.9. The van der Waals surface area contributed by atoms with Gasteiger partial charge in [0.05, 0.1) is 11.9 Å². The van der Waals surface area contributed by atoms with Crippen molar-refractivity contribution in [2.75, 3.05) is 5.32 Å². The number of nitrogens with zero attached hydrogens (tertiary/aromatic N) is 2. The Labute approximate surface area is 121 Å².